The Labute approximate surface area is 139 Å². The first-order valence-electron chi connectivity index (χ1n) is 6.74. The van der Waals surface area contributed by atoms with E-state index in [0.29, 0.717) is 6.42 Å². The quantitative estimate of drug-likeness (QED) is 0.468. The fraction of sp³-hybridized carbons (Fsp3) is 0.917. The summed E-state index contributed by atoms with van der Waals surface area (Å²) in [6.07, 6.45) is 7.08. The van der Waals surface area contributed by atoms with Gasteiger partial charge in [-0.1, -0.05) is 58.3 Å². The van der Waals surface area contributed by atoms with Crippen molar-refractivity contribution in [3.8, 4) is 0 Å². The third-order valence-electron chi connectivity index (χ3n) is 2.31. The van der Waals surface area contributed by atoms with Crippen LogP contribution in [0.25, 0.3) is 0 Å². The second-order valence-corrected chi connectivity index (χ2v) is 3.71. The van der Waals surface area contributed by atoms with Crippen molar-refractivity contribution in [3.63, 3.8) is 0 Å². The van der Waals surface area contributed by atoms with E-state index in [0.717, 1.165) is 12.8 Å². The Morgan fingerprint density at radius 3 is 1.80 bits per heavy atom. The van der Waals surface area contributed by atoms with Crippen LogP contribution in [0.4, 0.5) is 0 Å². The molecule has 1 N–H and O–H groups in total. The van der Waals surface area contributed by atoms with E-state index in [-0.39, 0.29) is 57.8 Å². The molecule has 0 heterocycles. The maximum absolute atomic E-state index is 10.5. The van der Waals surface area contributed by atoms with Crippen molar-refractivity contribution >= 4 is 57.4 Å². The maximum Gasteiger partial charge on any atom is 0.303 e. The average molecular weight is 241 g/mol. The molecule has 0 saturated carbocycles. The molecule has 0 amide bonds. The third-order valence-corrected chi connectivity index (χ3v) is 2.31. The maximum atomic E-state index is 10.5. The fourth-order valence-electron chi connectivity index (χ4n) is 1.45. The molecule has 0 aromatic carbocycles. The molecule has 0 aliphatic carbocycles. The van der Waals surface area contributed by atoms with E-state index in [1.54, 1.807) is 0 Å². The molecule has 1 radical (unpaired) electrons. The number of hydrogen-bond donors (Lipinski definition) is 1. The Balaban J connectivity index is 0. The molecule has 0 aliphatic heterocycles. The summed E-state index contributed by atoms with van der Waals surface area (Å²) in [5.41, 5.74) is 0. The molecule has 0 fully saturated rings. The summed E-state index contributed by atoms with van der Waals surface area (Å²) in [6, 6.07) is 0. The van der Waals surface area contributed by atoms with Crippen molar-refractivity contribution in [2.24, 2.45) is 0 Å². The predicted molar refractivity (Wildman–Crippen MR) is 65.2 cm³/mol. The van der Waals surface area contributed by atoms with Gasteiger partial charge in [0.2, 0.25) is 0 Å². The van der Waals surface area contributed by atoms with Gasteiger partial charge in [-0.15, -0.1) is 0 Å². The predicted octanol–water partition coefficient (Wildman–Crippen LogP) is 3.61. The summed E-state index contributed by atoms with van der Waals surface area (Å²) in [6.45, 7) is 2.19. The van der Waals surface area contributed by atoms with Gasteiger partial charge in [-0.2, -0.15) is 0 Å². The second kappa shape index (κ2) is 15.1. The van der Waals surface area contributed by atoms with Gasteiger partial charge in [-0.3, -0.25) is 4.79 Å². The van der Waals surface area contributed by atoms with Gasteiger partial charge < -0.3 is 5.11 Å². The average Bonchev–Trinajstić information content (AvgIpc) is 2.21. The summed E-state index contributed by atoms with van der Waals surface area (Å²) in [5.74, 6) is -1.34. The first-order valence-corrected chi connectivity index (χ1v) is 5.74. The van der Waals surface area contributed by atoms with E-state index in [4.69, 9.17) is 7.85 Å². The summed E-state index contributed by atoms with van der Waals surface area (Å²) in [5, 5.41) is 8.57. The monoisotopic (exact) mass is 241 g/mol. The standard InChI is InChI=1S/C12H24O2.K/c1-2-3-4-5-6-7-8-9-10-11-12(13)14;/h2-11H2,1H3,(H,13,14);/i11D2;. The van der Waals surface area contributed by atoms with Crippen LogP contribution in [0.3, 0.4) is 0 Å². The summed E-state index contributed by atoms with van der Waals surface area (Å²) in [4.78, 5) is 10.5. The van der Waals surface area contributed by atoms with Crippen molar-refractivity contribution in [1.82, 2.24) is 0 Å². The Morgan fingerprint density at radius 2 is 1.40 bits per heavy atom. The number of carboxylic acids is 1. The minimum Gasteiger partial charge on any atom is -0.481 e. The van der Waals surface area contributed by atoms with Crippen LogP contribution >= 0.6 is 0 Å². The normalized spacial score (nSPS) is 12.6. The topological polar surface area (TPSA) is 37.3 Å². The second-order valence-electron chi connectivity index (χ2n) is 3.71. The van der Waals surface area contributed by atoms with Crippen molar-refractivity contribution in [3.05, 3.63) is 0 Å². The first-order chi connectivity index (χ1) is 7.50. The Kier molecular flexibility index (Phi) is 14.3. The molecule has 0 aliphatic rings. The number of hydrogen-bond acceptors (Lipinski definition) is 1. The van der Waals surface area contributed by atoms with E-state index in [1.807, 2.05) is 0 Å². The van der Waals surface area contributed by atoms with Gasteiger partial charge in [0.1, 0.15) is 0 Å². The van der Waals surface area contributed by atoms with Crippen LogP contribution < -0.4 is 0 Å². The zero-order chi connectivity index (χ0) is 12.4. The fourth-order valence-corrected chi connectivity index (χ4v) is 1.45. The van der Waals surface area contributed by atoms with Crippen molar-refractivity contribution in [2.75, 3.05) is 0 Å². The van der Waals surface area contributed by atoms with Crippen molar-refractivity contribution in [1.29, 1.82) is 0 Å². The SMILES string of the molecule is [2H]C([2H])(CCCCCCCCCC)C(=O)O.[K]. The van der Waals surface area contributed by atoms with Gasteiger partial charge in [0.05, 0.1) is 0 Å². The zero-order valence-electron chi connectivity index (χ0n) is 12.2. The van der Waals surface area contributed by atoms with Gasteiger partial charge in [0.25, 0.3) is 0 Å². The molecule has 2 nitrogen and oxygen atoms in total. The smallest absolute Gasteiger partial charge is 0.303 e. The van der Waals surface area contributed by atoms with Crippen LogP contribution in [0.15, 0.2) is 0 Å². The van der Waals surface area contributed by atoms with Gasteiger partial charge >= 0.3 is 5.97 Å². The summed E-state index contributed by atoms with van der Waals surface area (Å²) >= 11 is 0. The molecule has 85 valence electrons. The Hall–Kier alpha value is 1.11. The largest absolute Gasteiger partial charge is 0.481 e. The molecule has 0 saturated heterocycles. The van der Waals surface area contributed by atoms with Crippen LogP contribution in [0.5, 0.6) is 0 Å². The van der Waals surface area contributed by atoms with E-state index in [2.05, 4.69) is 6.92 Å². The van der Waals surface area contributed by atoms with Crippen LogP contribution in [-0.2, 0) is 4.79 Å². The first kappa shape index (κ1) is 14.2. The summed E-state index contributed by atoms with van der Waals surface area (Å²) < 4.78 is 14.4. The van der Waals surface area contributed by atoms with Gasteiger partial charge in [-0.25, -0.2) is 0 Å². The third kappa shape index (κ3) is 17.7. The van der Waals surface area contributed by atoms with E-state index in [9.17, 15) is 4.79 Å². The van der Waals surface area contributed by atoms with E-state index >= 15 is 0 Å². The molecule has 0 unspecified atom stereocenters. The molecule has 0 aromatic rings. The molecule has 3 heteroatoms. The molecule has 0 rings (SSSR count). The van der Waals surface area contributed by atoms with Crippen LogP contribution in [0.2, 0.25) is 0 Å². The number of carboxylic acid groups (broad SMARTS) is 1. The number of rotatable bonds is 10. The molecule has 0 spiro atoms. The van der Waals surface area contributed by atoms with Gasteiger partial charge in [0.15, 0.2) is 0 Å². The molecular weight excluding hydrogens is 215 g/mol. The van der Waals surface area contributed by atoms with E-state index < -0.39 is 12.3 Å². The number of aliphatic carboxylic acids is 1. The number of unbranched alkanes of at least 4 members (excludes halogenated alkanes) is 7. The minimum absolute atomic E-state index is 0. The molecular formula is C12H24KO2. The summed E-state index contributed by atoms with van der Waals surface area (Å²) in [7, 11) is 0. The Morgan fingerprint density at radius 1 is 1.00 bits per heavy atom. The number of carbonyl (C=O) groups is 1. The molecule has 15 heavy (non-hydrogen) atoms. The Bertz CT molecular complexity index is 199. The zero-order valence-corrected chi connectivity index (χ0v) is 13.3. The molecule has 0 bridgehead atoms. The van der Waals surface area contributed by atoms with Gasteiger partial charge in [-0.05, 0) is 6.42 Å². The van der Waals surface area contributed by atoms with E-state index in [1.165, 1.54) is 32.1 Å². The molecule has 0 atom stereocenters. The molecule has 0 aromatic heterocycles. The van der Waals surface area contributed by atoms with Crippen molar-refractivity contribution in [2.45, 2.75) is 71.1 Å². The van der Waals surface area contributed by atoms with Gasteiger partial charge in [0, 0.05) is 60.5 Å². The van der Waals surface area contributed by atoms with Crippen LogP contribution in [-0.4, -0.2) is 62.5 Å². The minimum atomic E-state index is -2.04. The van der Waals surface area contributed by atoms with Crippen molar-refractivity contribution < 1.29 is 12.6 Å². The van der Waals surface area contributed by atoms with Crippen LogP contribution in [0.1, 0.15) is 73.8 Å². The van der Waals surface area contributed by atoms with Crippen LogP contribution in [0, 0.1) is 0 Å².